The number of hydrogen-bond donors (Lipinski definition) is 4. The highest BCUT2D eigenvalue weighted by Crippen LogP contribution is 2.26. The molecule has 0 radical (unpaired) electrons. The molecular formula is C19H24FN7. The van der Waals surface area contributed by atoms with E-state index in [-0.39, 0.29) is 5.82 Å². The van der Waals surface area contributed by atoms with E-state index in [1.165, 1.54) is 12.1 Å². The SMILES string of the molecule is Cn1cc(C2=CNC(N)(c3cccc(F)c3)N=C2NC2CCNCC2)cn1. The van der Waals surface area contributed by atoms with Crippen molar-refractivity contribution in [1.82, 2.24) is 25.7 Å². The van der Waals surface area contributed by atoms with Gasteiger partial charge in [-0.2, -0.15) is 5.10 Å². The smallest absolute Gasteiger partial charge is 0.211 e. The minimum absolute atomic E-state index is 0.305. The lowest BCUT2D eigenvalue weighted by Crippen LogP contribution is -2.52. The summed E-state index contributed by atoms with van der Waals surface area (Å²) < 4.78 is 15.5. The predicted molar refractivity (Wildman–Crippen MR) is 103 cm³/mol. The highest BCUT2D eigenvalue weighted by atomic mass is 19.1. The van der Waals surface area contributed by atoms with E-state index >= 15 is 0 Å². The molecule has 142 valence electrons. The van der Waals surface area contributed by atoms with Crippen molar-refractivity contribution in [3.05, 3.63) is 59.8 Å². The Labute approximate surface area is 157 Å². The quantitative estimate of drug-likeness (QED) is 0.648. The minimum atomic E-state index is -1.23. The van der Waals surface area contributed by atoms with Crippen LogP contribution >= 0.6 is 0 Å². The monoisotopic (exact) mass is 369 g/mol. The topological polar surface area (TPSA) is 92.3 Å². The molecule has 1 saturated heterocycles. The van der Waals surface area contributed by atoms with E-state index in [1.807, 2.05) is 19.4 Å². The molecule has 0 amide bonds. The van der Waals surface area contributed by atoms with Crippen LogP contribution in [0, 0.1) is 5.82 Å². The number of halogens is 1. The molecule has 1 aromatic heterocycles. The second kappa shape index (κ2) is 7.13. The molecule has 27 heavy (non-hydrogen) atoms. The highest BCUT2D eigenvalue weighted by Gasteiger charge is 2.32. The number of nitrogens with zero attached hydrogens (tertiary/aromatic N) is 3. The molecule has 2 aliphatic rings. The van der Waals surface area contributed by atoms with Crippen molar-refractivity contribution in [1.29, 1.82) is 0 Å². The molecule has 2 aliphatic heterocycles. The molecular weight excluding hydrogens is 345 g/mol. The Hall–Kier alpha value is -2.71. The first-order valence-corrected chi connectivity index (χ1v) is 9.13. The van der Waals surface area contributed by atoms with Crippen molar-refractivity contribution in [3.63, 3.8) is 0 Å². The molecule has 0 aliphatic carbocycles. The van der Waals surface area contributed by atoms with Gasteiger partial charge in [0.25, 0.3) is 0 Å². The van der Waals surface area contributed by atoms with Crippen LogP contribution in [0.1, 0.15) is 24.0 Å². The Bertz CT molecular complexity index is 882. The van der Waals surface area contributed by atoms with Crippen molar-refractivity contribution >= 4 is 11.4 Å². The number of nitrogens with one attached hydrogen (secondary N) is 3. The summed E-state index contributed by atoms with van der Waals surface area (Å²) in [6, 6.07) is 6.51. The average Bonchev–Trinajstić information content (AvgIpc) is 3.09. The van der Waals surface area contributed by atoms with E-state index in [4.69, 9.17) is 10.7 Å². The van der Waals surface area contributed by atoms with Crippen LogP contribution in [0.15, 0.2) is 47.9 Å². The first-order valence-electron chi connectivity index (χ1n) is 9.13. The zero-order valence-corrected chi connectivity index (χ0v) is 15.2. The number of hydrogen-bond acceptors (Lipinski definition) is 6. The van der Waals surface area contributed by atoms with Crippen LogP contribution in [0.3, 0.4) is 0 Å². The second-order valence-corrected chi connectivity index (χ2v) is 7.01. The fraction of sp³-hybridized carbons (Fsp3) is 0.368. The normalized spacial score (nSPS) is 23.4. The van der Waals surface area contributed by atoms with Gasteiger partial charge in [-0.3, -0.25) is 10.4 Å². The lowest BCUT2D eigenvalue weighted by Gasteiger charge is -2.34. The Morgan fingerprint density at radius 1 is 1.33 bits per heavy atom. The molecule has 1 atom stereocenters. The number of aliphatic imine (C=N–C) groups is 1. The van der Waals surface area contributed by atoms with Gasteiger partial charge in [0, 0.05) is 42.2 Å². The molecule has 0 saturated carbocycles. The predicted octanol–water partition coefficient (Wildman–Crippen LogP) is 1.01. The van der Waals surface area contributed by atoms with E-state index in [0.717, 1.165) is 37.1 Å². The maximum atomic E-state index is 13.7. The zero-order valence-electron chi connectivity index (χ0n) is 15.2. The lowest BCUT2D eigenvalue weighted by atomic mass is 10.0. The molecule has 1 unspecified atom stereocenters. The van der Waals surface area contributed by atoms with Crippen molar-refractivity contribution in [3.8, 4) is 0 Å². The summed E-state index contributed by atoms with van der Waals surface area (Å²) in [4.78, 5) is 4.77. The molecule has 1 fully saturated rings. The molecule has 7 nitrogen and oxygen atoms in total. The summed E-state index contributed by atoms with van der Waals surface area (Å²) in [5.41, 5.74) is 8.90. The van der Waals surface area contributed by atoms with Gasteiger partial charge >= 0.3 is 0 Å². The first-order chi connectivity index (χ1) is 13.0. The number of rotatable bonds is 3. The van der Waals surface area contributed by atoms with Crippen molar-refractivity contribution in [2.45, 2.75) is 24.7 Å². The van der Waals surface area contributed by atoms with Crippen LogP contribution in [0.2, 0.25) is 0 Å². The maximum Gasteiger partial charge on any atom is 0.211 e. The molecule has 2 aromatic rings. The molecule has 4 rings (SSSR count). The van der Waals surface area contributed by atoms with Gasteiger partial charge in [-0.25, -0.2) is 9.38 Å². The fourth-order valence-electron chi connectivity index (χ4n) is 3.44. The average molecular weight is 369 g/mol. The summed E-state index contributed by atoms with van der Waals surface area (Å²) >= 11 is 0. The van der Waals surface area contributed by atoms with E-state index in [1.54, 1.807) is 23.0 Å². The molecule has 0 bridgehead atoms. The van der Waals surface area contributed by atoms with Gasteiger partial charge in [-0.05, 0) is 38.1 Å². The summed E-state index contributed by atoms with van der Waals surface area (Å²) in [6.07, 6.45) is 7.56. The van der Waals surface area contributed by atoms with Gasteiger partial charge in [-0.15, -0.1) is 0 Å². The number of benzene rings is 1. The third-order valence-electron chi connectivity index (χ3n) is 4.94. The Morgan fingerprint density at radius 3 is 2.85 bits per heavy atom. The first kappa shape index (κ1) is 17.7. The second-order valence-electron chi connectivity index (χ2n) is 7.01. The Morgan fingerprint density at radius 2 is 2.15 bits per heavy atom. The third kappa shape index (κ3) is 3.72. The van der Waals surface area contributed by atoms with Gasteiger partial charge < -0.3 is 16.0 Å². The van der Waals surface area contributed by atoms with Crippen molar-refractivity contribution in [2.75, 3.05) is 13.1 Å². The number of aryl methyl sites for hydroxylation is 1. The zero-order chi connectivity index (χ0) is 18.9. The van der Waals surface area contributed by atoms with Crippen LogP contribution < -0.4 is 21.7 Å². The van der Waals surface area contributed by atoms with Crippen LogP contribution in [-0.4, -0.2) is 34.7 Å². The molecule has 3 heterocycles. The van der Waals surface area contributed by atoms with Crippen molar-refractivity contribution in [2.24, 2.45) is 17.8 Å². The van der Waals surface area contributed by atoms with Gasteiger partial charge in [-0.1, -0.05) is 12.1 Å². The van der Waals surface area contributed by atoms with Crippen molar-refractivity contribution < 1.29 is 4.39 Å². The van der Waals surface area contributed by atoms with Crippen LogP contribution in [0.4, 0.5) is 4.39 Å². The highest BCUT2D eigenvalue weighted by molar-refractivity contribution is 6.23. The molecule has 0 spiro atoms. The van der Waals surface area contributed by atoms with Crippen LogP contribution in [0.25, 0.3) is 5.57 Å². The van der Waals surface area contributed by atoms with Gasteiger partial charge in [0.15, 0.2) is 0 Å². The van der Waals surface area contributed by atoms with E-state index in [2.05, 4.69) is 21.0 Å². The summed E-state index contributed by atoms with van der Waals surface area (Å²) in [7, 11) is 1.87. The van der Waals surface area contributed by atoms with E-state index in [9.17, 15) is 4.39 Å². The number of piperidine rings is 1. The largest absolute Gasteiger partial charge is 0.367 e. The minimum Gasteiger partial charge on any atom is -0.367 e. The van der Waals surface area contributed by atoms with Gasteiger partial charge in [0.2, 0.25) is 5.79 Å². The van der Waals surface area contributed by atoms with Crippen LogP contribution in [0.5, 0.6) is 0 Å². The summed E-state index contributed by atoms with van der Waals surface area (Å²) in [6.45, 7) is 1.93. The lowest BCUT2D eigenvalue weighted by molar-refractivity contribution is 0.396. The van der Waals surface area contributed by atoms with E-state index < -0.39 is 5.79 Å². The Balaban J connectivity index is 1.69. The molecule has 1 aromatic carbocycles. The number of amidine groups is 1. The number of aromatic nitrogens is 2. The van der Waals surface area contributed by atoms with E-state index in [0.29, 0.717) is 17.4 Å². The van der Waals surface area contributed by atoms with Gasteiger partial charge in [0.1, 0.15) is 11.7 Å². The summed E-state index contributed by atoms with van der Waals surface area (Å²) in [5, 5.41) is 14.3. The molecule has 8 heteroatoms. The van der Waals surface area contributed by atoms with Gasteiger partial charge in [0.05, 0.1) is 6.20 Å². The third-order valence-corrected chi connectivity index (χ3v) is 4.94. The summed E-state index contributed by atoms with van der Waals surface area (Å²) in [5.74, 6) is -0.882. The maximum absolute atomic E-state index is 13.7. The van der Waals surface area contributed by atoms with Crippen LogP contribution in [-0.2, 0) is 12.8 Å². The fourth-order valence-corrected chi connectivity index (χ4v) is 3.44. The standard InChI is InChI=1S/C19H24FN7/c1-27-12-13(10-24-27)17-11-23-19(21,14-3-2-4-15(20)9-14)26-18(17)25-16-5-7-22-8-6-16/h2-4,9-12,16,22-23H,5-8,21H2,1H3,(H,25,26). The molecule has 5 N–H and O–H groups in total. The number of nitrogens with two attached hydrogens (primary N) is 1. The Kier molecular flexibility index (Phi) is 4.67.